The monoisotopic (exact) mass is 570 g/mol. The summed E-state index contributed by atoms with van der Waals surface area (Å²) in [6, 6.07) is 20.2. The molecule has 0 aliphatic heterocycles. The van der Waals surface area contributed by atoms with Gasteiger partial charge in [0.25, 0.3) is 0 Å². The molecule has 0 saturated heterocycles. The van der Waals surface area contributed by atoms with Crippen molar-refractivity contribution < 1.29 is 18.9 Å². The normalized spacial score (nSPS) is 11.0. The largest absolute Gasteiger partial charge is 0.494 e. The zero-order valence-corrected chi connectivity index (χ0v) is 25.8. The van der Waals surface area contributed by atoms with Gasteiger partial charge in [0.1, 0.15) is 11.5 Å². The second kappa shape index (κ2) is 16.6. The zero-order valence-electron chi connectivity index (χ0n) is 25.8. The molecule has 0 atom stereocenters. The zero-order chi connectivity index (χ0) is 29.6. The van der Waals surface area contributed by atoms with Crippen molar-refractivity contribution in [2.45, 2.75) is 79.1 Å². The molecule has 0 fully saturated rings. The van der Waals surface area contributed by atoms with E-state index in [1.54, 1.807) is 0 Å². The smallest absolute Gasteiger partial charge is 0.163 e. The van der Waals surface area contributed by atoms with E-state index < -0.39 is 0 Å². The molecule has 4 rings (SSSR count). The summed E-state index contributed by atoms with van der Waals surface area (Å²) in [4.78, 5) is 10.3. The second-order valence-corrected chi connectivity index (χ2v) is 10.6. The molecular formula is C36H46N2O4. The van der Waals surface area contributed by atoms with Gasteiger partial charge in [0.2, 0.25) is 0 Å². The Morgan fingerprint density at radius 1 is 0.452 bits per heavy atom. The van der Waals surface area contributed by atoms with E-state index in [0.29, 0.717) is 37.9 Å². The van der Waals surface area contributed by atoms with Crippen LogP contribution in [0.15, 0.2) is 60.7 Å². The summed E-state index contributed by atoms with van der Waals surface area (Å²) < 4.78 is 24.2. The Morgan fingerprint density at radius 2 is 0.786 bits per heavy atom. The minimum Gasteiger partial charge on any atom is -0.494 e. The standard InChI is InChI=1S/C36H46N2O4/c1-5-9-21-39-29-17-13-27(14-18-29)35-36(28-15-19-30(20-16-28)40-22-10-6-2)38-32-26-34(42-24-12-8-4)33(25-31(32)37-35)41-23-11-7-3/h13-20,25-26H,5-12,21-24H2,1-4H3. The predicted octanol–water partition coefficient (Wildman–Crippen LogP) is 9.68. The number of aromatic nitrogens is 2. The van der Waals surface area contributed by atoms with Crippen molar-refractivity contribution in [3.63, 3.8) is 0 Å². The Kier molecular flexibility index (Phi) is 12.3. The summed E-state index contributed by atoms with van der Waals surface area (Å²) in [7, 11) is 0. The van der Waals surface area contributed by atoms with Crippen molar-refractivity contribution in [3.8, 4) is 45.5 Å². The highest BCUT2D eigenvalue weighted by Crippen LogP contribution is 2.37. The summed E-state index contributed by atoms with van der Waals surface area (Å²) in [5.41, 5.74) is 5.10. The van der Waals surface area contributed by atoms with E-state index in [1.807, 2.05) is 36.4 Å². The lowest BCUT2D eigenvalue weighted by Gasteiger charge is -2.16. The lowest BCUT2D eigenvalue weighted by atomic mass is 10.0. The Balaban J connectivity index is 1.76. The highest BCUT2D eigenvalue weighted by atomic mass is 16.5. The molecule has 0 N–H and O–H groups in total. The van der Waals surface area contributed by atoms with Crippen molar-refractivity contribution >= 4 is 11.0 Å². The summed E-state index contributed by atoms with van der Waals surface area (Å²) >= 11 is 0. The van der Waals surface area contributed by atoms with Crippen LogP contribution in [-0.2, 0) is 0 Å². The molecule has 1 aromatic heterocycles. The minimum absolute atomic E-state index is 0.636. The number of hydrogen-bond donors (Lipinski definition) is 0. The molecule has 0 aliphatic rings. The number of hydrogen-bond acceptors (Lipinski definition) is 6. The fourth-order valence-electron chi connectivity index (χ4n) is 4.43. The Bertz CT molecular complexity index is 1260. The third-order valence-corrected chi connectivity index (χ3v) is 7.03. The predicted molar refractivity (Wildman–Crippen MR) is 172 cm³/mol. The lowest BCUT2D eigenvalue weighted by Crippen LogP contribution is -2.04. The summed E-state index contributed by atoms with van der Waals surface area (Å²) in [6.07, 6.45) is 8.36. The van der Waals surface area contributed by atoms with Crippen molar-refractivity contribution in [2.24, 2.45) is 0 Å². The third-order valence-electron chi connectivity index (χ3n) is 7.03. The second-order valence-electron chi connectivity index (χ2n) is 10.6. The SMILES string of the molecule is CCCCOc1ccc(-c2nc3cc(OCCCC)c(OCCCC)cc3nc2-c2ccc(OCCCC)cc2)cc1. The van der Waals surface area contributed by atoms with Crippen LogP contribution in [0.3, 0.4) is 0 Å². The fourth-order valence-corrected chi connectivity index (χ4v) is 4.43. The van der Waals surface area contributed by atoms with Crippen molar-refractivity contribution in [1.29, 1.82) is 0 Å². The van der Waals surface area contributed by atoms with Crippen molar-refractivity contribution in [2.75, 3.05) is 26.4 Å². The summed E-state index contributed by atoms with van der Waals surface area (Å²) in [6.45, 7) is 11.3. The van der Waals surface area contributed by atoms with Crippen LogP contribution in [-0.4, -0.2) is 36.4 Å². The molecule has 1 heterocycles. The van der Waals surface area contributed by atoms with Gasteiger partial charge in [-0.2, -0.15) is 0 Å². The third kappa shape index (κ3) is 8.60. The number of fused-ring (bicyclic) bond motifs is 1. The van der Waals surface area contributed by atoms with Crippen molar-refractivity contribution in [1.82, 2.24) is 9.97 Å². The van der Waals surface area contributed by atoms with Gasteiger partial charge >= 0.3 is 0 Å². The van der Waals surface area contributed by atoms with Crippen LogP contribution in [0.5, 0.6) is 23.0 Å². The quantitative estimate of drug-likeness (QED) is 0.111. The lowest BCUT2D eigenvalue weighted by molar-refractivity contribution is 0.262. The van der Waals surface area contributed by atoms with Gasteiger partial charge in [-0.25, -0.2) is 9.97 Å². The fraction of sp³-hybridized carbons (Fsp3) is 0.444. The molecule has 3 aromatic carbocycles. The molecule has 0 radical (unpaired) electrons. The maximum Gasteiger partial charge on any atom is 0.163 e. The van der Waals surface area contributed by atoms with E-state index in [0.717, 1.165) is 96.4 Å². The molecule has 0 amide bonds. The van der Waals surface area contributed by atoms with Crippen LogP contribution in [0.25, 0.3) is 33.5 Å². The van der Waals surface area contributed by atoms with Crippen LogP contribution in [0.2, 0.25) is 0 Å². The summed E-state index contributed by atoms with van der Waals surface area (Å²) in [5.74, 6) is 3.15. The molecule has 0 unspecified atom stereocenters. The van der Waals surface area contributed by atoms with Crippen LogP contribution in [0, 0.1) is 0 Å². The van der Waals surface area contributed by atoms with E-state index in [4.69, 9.17) is 28.9 Å². The van der Waals surface area contributed by atoms with Crippen LogP contribution in [0.1, 0.15) is 79.1 Å². The van der Waals surface area contributed by atoms with Crippen LogP contribution < -0.4 is 18.9 Å². The van der Waals surface area contributed by atoms with Crippen molar-refractivity contribution in [3.05, 3.63) is 60.7 Å². The average Bonchev–Trinajstić information content (AvgIpc) is 3.02. The molecule has 0 spiro atoms. The first-order chi connectivity index (χ1) is 20.7. The molecule has 224 valence electrons. The van der Waals surface area contributed by atoms with Gasteiger partial charge in [-0.05, 0) is 74.2 Å². The molecular weight excluding hydrogens is 524 g/mol. The number of rotatable bonds is 18. The first-order valence-corrected chi connectivity index (χ1v) is 15.7. The Hall–Kier alpha value is -3.80. The van der Waals surface area contributed by atoms with E-state index in [-0.39, 0.29) is 0 Å². The topological polar surface area (TPSA) is 62.7 Å². The van der Waals surface area contributed by atoms with E-state index >= 15 is 0 Å². The van der Waals surface area contributed by atoms with Gasteiger partial charge < -0.3 is 18.9 Å². The van der Waals surface area contributed by atoms with Gasteiger partial charge in [0, 0.05) is 23.3 Å². The van der Waals surface area contributed by atoms with Gasteiger partial charge in [-0.1, -0.05) is 53.4 Å². The molecule has 0 bridgehead atoms. The molecule has 42 heavy (non-hydrogen) atoms. The average molecular weight is 571 g/mol. The number of unbranched alkanes of at least 4 members (excludes halogenated alkanes) is 4. The first-order valence-electron chi connectivity index (χ1n) is 15.7. The molecule has 6 nitrogen and oxygen atoms in total. The van der Waals surface area contributed by atoms with Gasteiger partial charge in [-0.3, -0.25) is 0 Å². The number of nitrogens with zero attached hydrogens (tertiary/aromatic N) is 2. The maximum atomic E-state index is 6.17. The Labute approximate surface area is 251 Å². The van der Waals surface area contributed by atoms with Gasteiger partial charge in [0.05, 0.1) is 48.8 Å². The van der Waals surface area contributed by atoms with E-state index in [2.05, 4.69) is 52.0 Å². The first kappa shape index (κ1) is 31.1. The minimum atomic E-state index is 0.636. The molecule has 0 aliphatic carbocycles. The maximum absolute atomic E-state index is 6.17. The van der Waals surface area contributed by atoms with Gasteiger partial charge in [-0.15, -0.1) is 0 Å². The molecule has 6 heteroatoms. The van der Waals surface area contributed by atoms with Gasteiger partial charge in [0.15, 0.2) is 11.5 Å². The van der Waals surface area contributed by atoms with E-state index in [9.17, 15) is 0 Å². The molecule has 0 saturated carbocycles. The highest BCUT2D eigenvalue weighted by Gasteiger charge is 2.17. The van der Waals surface area contributed by atoms with Crippen LogP contribution >= 0.6 is 0 Å². The molecule has 4 aromatic rings. The Morgan fingerprint density at radius 3 is 1.12 bits per heavy atom. The highest BCUT2D eigenvalue weighted by molar-refractivity contribution is 5.88. The van der Waals surface area contributed by atoms with Crippen LogP contribution in [0.4, 0.5) is 0 Å². The number of ether oxygens (including phenoxy) is 4. The number of benzene rings is 3. The summed E-state index contributed by atoms with van der Waals surface area (Å²) in [5, 5.41) is 0. The van der Waals surface area contributed by atoms with E-state index in [1.165, 1.54) is 0 Å².